The Morgan fingerprint density at radius 1 is 1.21 bits per heavy atom. The highest BCUT2D eigenvalue weighted by Crippen LogP contribution is 2.21. The Balaban J connectivity index is 2.38. The molecule has 0 spiro atoms. The second-order valence-electron chi connectivity index (χ2n) is 5.92. The largest absolute Gasteiger partial charge is 0.466 e. The lowest BCUT2D eigenvalue weighted by molar-refractivity contribution is -0.142. The van der Waals surface area contributed by atoms with Crippen molar-refractivity contribution in [3.8, 4) is 0 Å². The van der Waals surface area contributed by atoms with Gasteiger partial charge in [-0.2, -0.15) is 0 Å². The van der Waals surface area contributed by atoms with E-state index < -0.39 is 0 Å². The van der Waals surface area contributed by atoms with E-state index in [4.69, 9.17) is 4.74 Å². The summed E-state index contributed by atoms with van der Waals surface area (Å²) in [6.07, 6.45) is 1.47. The van der Waals surface area contributed by atoms with E-state index in [1.165, 1.54) is 5.56 Å². The molecule has 0 amide bonds. The molecule has 1 rings (SSSR count). The summed E-state index contributed by atoms with van der Waals surface area (Å²) in [4.78, 5) is 11.2. The van der Waals surface area contributed by atoms with E-state index in [1.807, 2.05) is 6.92 Å². The van der Waals surface area contributed by atoms with Crippen LogP contribution in [0.5, 0.6) is 0 Å². The van der Waals surface area contributed by atoms with E-state index in [1.54, 1.807) is 0 Å². The second kappa shape index (κ2) is 7.17. The van der Waals surface area contributed by atoms with Crippen molar-refractivity contribution in [2.45, 2.75) is 40.5 Å². The summed E-state index contributed by atoms with van der Waals surface area (Å²) in [6, 6.07) is 8.40. The number of esters is 1. The van der Waals surface area contributed by atoms with Crippen LogP contribution in [0.3, 0.4) is 0 Å². The lowest BCUT2D eigenvalue weighted by atomic mass is 9.88. The summed E-state index contributed by atoms with van der Waals surface area (Å²) in [7, 11) is 0. The van der Waals surface area contributed by atoms with Crippen LogP contribution in [-0.2, 0) is 16.0 Å². The van der Waals surface area contributed by atoms with E-state index in [2.05, 4.69) is 50.4 Å². The highest BCUT2D eigenvalue weighted by molar-refractivity contribution is 5.70. The second-order valence-corrected chi connectivity index (χ2v) is 5.92. The van der Waals surface area contributed by atoms with E-state index >= 15 is 0 Å². The first-order valence-corrected chi connectivity index (χ1v) is 6.89. The standard InChI is InChI=1S/C16H25NO2/c1-5-19-15(18)10-11-17-14-8-6-13(7-9-14)12-16(2,3)4/h6-9,17H,5,10-12H2,1-4H3. The molecule has 0 aromatic heterocycles. The number of rotatable bonds is 6. The zero-order valence-electron chi connectivity index (χ0n) is 12.5. The molecule has 3 nitrogen and oxygen atoms in total. The Kier molecular flexibility index (Phi) is 5.87. The molecule has 0 heterocycles. The molecule has 0 radical (unpaired) electrons. The summed E-state index contributed by atoms with van der Waals surface area (Å²) < 4.78 is 4.87. The van der Waals surface area contributed by atoms with Gasteiger partial charge in [0.1, 0.15) is 0 Å². The molecule has 0 aliphatic carbocycles. The van der Waals surface area contributed by atoms with Crippen LogP contribution in [0, 0.1) is 5.41 Å². The SMILES string of the molecule is CCOC(=O)CCNc1ccc(CC(C)(C)C)cc1. The lowest BCUT2D eigenvalue weighted by Gasteiger charge is -2.18. The van der Waals surface area contributed by atoms with Crippen molar-refractivity contribution in [2.75, 3.05) is 18.5 Å². The fourth-order valence-electron chi connectivity index (χ4n) is 1.89. The predicted molar refractivity (Wildman–Crippen MR) is 79.3 cm³/mol. The Morgan fingerprint density at radius 2 is 1.84 bits per heavy atom. The fourth-order valence-corrected chi connectivity index (χ4v) is 1.89. The molecule has 0 atom stereocenters. The van der Waals surface area contributed by atoms with Crippen molar-refractivity contribution in [2.24, 2.45) is 5.41 Å². The molecule has 1 aromatic carbocycles. The third-order valence-corrected chi connectivity index (χ3v) is 2.65. The van der Waals surface area contributed by atoms with Crippen LogP contribution in [0.2, 0.25) is 0 Å². The van der Waals surface area contributed by atoms with Crippen LogP contribution < -0.4 is 5.32 Å². The highest BCUT2D eigenvalue weighted by Gasteiger charge is 2.10. The van der Waals surface area contributed by atoms with Crippen molar-refractivity contribution in [3.05, 3.63) is 29.8 Å². The number of carbonyl (C=O) groups excluding carboxylic acids is 1. The van der Waals surface area contributed by atoms with E-state index in [0.29, 0.717) is 25.0 Å². The predicted octanol–water partition coefficient (Wildman–Crippen LogP) is 3.64. The number of ether oxygens (including phenoxy) is 1. The minimum Gasteiger partial charge on any atom is -0.466 e. The minimum absolute atomic E-state index is 0.153. The number of benzene rings is 1. The van der Waals surface area contributed by atoms with Gasteiger partial charge in [-0.15, -0.1) is 0 Å². The monoisotopic (exact) mass is 263 g/mol. The zero-order valence-corrected chi connectivity index (χ0v) is 12.5. The Morgan fingerprint density at radius 3 is 2.37 bits per heavy atom. The molecule has 0 unspecified atom stereocenters. The van der Waals surface area contributed by atoms with Crippen LogP contribution in [-0.4, -0.2) is 19.1 Å². The first-order chi connectivity index (χ1) is 8.90. The molecule has 106 valence electrons. The Bertz CT molecular complexity index is 390. The van der Waals surface area contributed by atoms with Gasteiger partial charge in [0.25, 0.3) is 0 Å². The molecule has 1 aromatic rings. The van der Waals surface area contributed by atoms with E-state index in [9.17, 15) is 4.79 Å². The molecule has 0 saturated carbocycles. The van der Waals surface area contributed by atoms with Gasteiger partial charge in [-0.1, -0.05) is 32.9 Å². The maximum absolute atomic E-state index is 11.2. The average Bonchev–Trinajstić information content (AvgIpc) is 2.30. The van der Waals surface area contributed by atoms with Crippen LogP contribution in [0.25, 0.3) is 0 Å². The van der Waals surface area contributed by atoms with Gasteiger partial charge in [0.15, 0.2) is 0 Å². The molecular formula is C16H25NO2. The normalized spacial score (nSPS) is 11.2. The Labute approximate surface area is 116 Å². The quantitative estimate of drug-likeness (QED) is 0.796. The average molecular weight is 263 g/mol. The van der Waals surface area contributed by atoms with Crippen LogP contribution in [0.1, 0.15) is 39.7 Å². The first kappa shape index (κ1) is 15.5. The van der Waals surface area contributed by atoms with Gasteiger partial charge < -0.3 is 10.1 Å². The molecule has 0 saturated heterocycles. The number of hydrogen-bond acceptors (Lipinski definition) is 3. The van der Waals surface area contributed by atoms with Crippen molar-refractivity contribution >= 4 is 11.7 Å². The van der Waals surface area contributed by atoms with Gasteiger partial charge in [0, 0.05) is 12.2 Å². The van der Waals surface area contributed by atoms with E-state index in [0.717, 1.165) is 12.1 Å². The number of nitrogens with one attached hydrogen (secondary N) is 1. The van der Waals surface area contributed by atoms with Gasteiger partial charge in [0.05, 0.1) is 13.0 Å². The molecule has 0 fully saturated rings. The van der Waals surface area contributed by atoms with Gasteiger partial charge >= 0.3 is 5.97 Å². The van der Waals surface area contributed by atoms with E-state index in [-0.39, 0.29) is 5.97 Å². The summed E-state index contributed by atoms with van der Waals surface area (Å²) >= 11 is 0. The molecule has 0 aliphatic rings. The number of carbonyl (C=O) groups is 1. The zero-order chi connectivity index (χ0) is 14.3. The summed E-state index contributed by atoms with van der Waals surface area (Å²) in [5.41, 5.74) is 2.68. The third kappa shape index (κ3) is 6.85. The Hall–Kier alpha value is -1.51. The van der Waals surface area contributed by atoms with Gasteiger partial charge in [-0.05, 0) is 36.5 Å². The lowest BCUT2D eigenvalue weighted by Crippen LogP contribution is -2.11. The van der Waals surface area contributed by atoms with Crippen molar-refractivity contribution in [1.82, 2.24) is 0 Å². The van der Waals surface area contributed by atoms with Crippen LogP contribution in [0.4, 0.5) is 5.69 Å². The van der Waals surface area contributed by atoms with Crippen molar-refractivity contribution in [1.29, 1.82) is 0 Å². The van der Waals surface area contributed by atoms with Crippen molar-refractivity contribution < 1.29 is 9.53 Å². The minimum atomic E-state index is -0.153. The van der Waals surface area contributed by atoms with Crippen LogP contribution in [0.15, 0.2) is 24.3 Å². The molecule has 0 aliphatic heterocycles. The molecule has 1 N–H and O–H groups in total. The third-order valence-electron chi connectivity index (χ3n) is 2.65. The van der Waals surface area contributed by atoms with Crippen LogP contribution >= 0.6 is 0 Å². The van der Waals surface area contributed by atoms with Gasteiger partial charge in [-0.3, -0.25) is 4.79 Å². The smallest absolute Gasteiger partial charge is 0.307 e. The summed E-state index contributed by atoms with van der Waals surface area (Å²) in [6.45, 7) is 9.58. The first-order valence-electron chi connectivity index (χ1n) is 6.89. The topological polar surface area (TPSA) is 38.3 Å². The molecule has 19 heavy (non-hydrogen) atoms. The van der Waals surface area contributed by atoms with Gasteiger partial charge in [-0.25, -0.2) is 0 Å². The molecule has 3 heteroatoms. The van der Waals surface area contributed by atoms with Crippen molar-refractivity contribution in [3.63, 3.8) is 0 Å². The molecular weight excluding hydrogens is 238 g/mol. The maximum Gasteiger partial charge on any atom is 0.307 e. The van der Waals surface area contributed by atoms with Gasteiger partial charge in [0.2, 0.25) is 0 Å². The summed E-state index contributed by atoms with van der Waals surface area (Å²) in [5, 5.41) is 3.22. The number of hydrogen-bond donors (Lipinski definition) is 1. The highest BCUT2D eigenvalue weighted by atomic mass is 16.5. The molecule has 0 bridgehead atoms. The fraction of sp³-hybridized carbons (Fsp3) is 0.562. The number of anilines is 1. The maximum atomic E-state index is 11.2. The summed E-state index contributed by atoms with van der Waals surface area (Å²) in [5.74, 6) is -0.153.